The third kappa shape index (κ3) is 6.24. The van der Waals surface area contributed by atoms with E-state index in [9.17, 15) is 9.59 Å². The molecule has 1 aromatic heterocycles. The Labute approximate surface area is 193 Å². The number of ether oxygens (including phenoxy) is 4. The number of carbonyl (C=O) groups excluding carboxylic acids is 2. The van der Waals surface area contributed by atoms with E-state index in [2.05, 4.69) is 4.57 Å². The summed E-state index contributed by atoms with van der Waals surface area (Å²) in [5.74, 6) is 0.000152. The average molecular weight is 453 g/mol. The van der Waals surface area contributed by atoms with Crippen LogP contribution < -0.4 is 9.47 Å². The minimum absolute atomic E-state index is 0.0946. The van der Waals surface area contributed by atoms with Crippen LogP contribution in [0.5, 0.6) is 11.5 Å². The van der Waals surface area contributed by atoms with Gasteiger partial charge >= 0.3 is 5.97 Å². The van der Waals surface area contributed by atoms with Gasteiger partial charge in [0.1, 0.15) is 6.07 Å². The number of rotatable bonds is 10. The monoisotopic (exact) mass is 452 g/mol. The van der Waals surface area contributed by atoms with E-state index in [0.717, 1.165) is 37.4 Å². The molecule has 1 unspecified atom stereocenters. The number of carbonyl (C=O) groups is 2. The van der Waals surface area contributed by atoms with Crippen molar-refractivity contribution < 1.29 is 28.5 Å². The predicted molar refractivity (Wildman–Crippen MR) is 121 cm³/mol. The lowest BCUT2D eigenvalue weighted by atomic mass is 10.1. The Kier molecular flexibility index (Phi) is 8.28. The van der Waals surface area contributed by atoms with Gasteiger partial charge < -0.3 is 23.5 Å². The molecule has 1 atom stereocenters. The van der Waals surface area contributed by atoms with Gasteiger partial charge in [-0.25, -0.2) is 4.79 Å². The van der Waals surface area contributed by atoms with Crippen LogP contribution in [0.1, 0.15) is 40.2 Å². The van der Waals surface area contributed by atoms with E-state index in [0.29, 0.717) is 22.6 Å². The second-order valence-electron chi connectivity index (χ2n) is 7.75. The summed E-state index contributed by atoms with van der Waals surface area (Å²) in [6.45, 7) is 4.93. The van der Waals surface area contributed by atoms with E-state index in [1.165, 1.54) is 13.2 Å². The molecule has 0 N–H and O–H groups in total. The van der Waals surface area contributed by atoms with Gasteiger partial charge in [0.2, 0.25) is 5.78 Å². The molecule has 0 radical (unpaired) electrons. The van der Waals surface area contributed by atoms with Gasteiger partial charge in [0.25, 0.3) is 0 Å². The molecule has 174 valence electrons. The van der Waals surface area contributed by atoms with Gasteiger partial charge in [0, 0.05) is 36.2 Å². The maximum Gasteiger partial charge on any atom is 0.331 e. The van der Waals surface area contributed by atoms with Crippen LogP contribution >= 0.6 is 0 Å². The largest absolute Gasteiger partial charge is 0.493 e. The van der Waals surface area contributed by atoms with Crippen LogP contribution in [-0.2, 0) is 20.8 Å². The van der Waals surface area contributed by atoms with Crippen LogP contribution in [0, 0.1) is 25.2 Å². The molecule has 1 aliphatic rings. The summed E-state index contributed by atoms with van der Waals surface area (Å²) in [6, 6.07) is 8.76. The van der Waals surface area contributed by atoms with Crippen molar-refractivity contribution in [3.8, 4) is 17.6 Å². The molecule has 0 amide bonds. The molecule has 1 saturated heterocycles. The predicted octanol–water partition coefficient (Wildman–Crippen LogP) is 3.63. The number of nitriles is 1. The number of aryl methyl sites for hydroxylation is 1. The zero-order chi connectivity index (χ0) is 23.8. The van der Waals surface area contributed by atoms with Crippen molar-refractivity contribution in [1.29, 1.82) is 5.26 Å². The SMILES string of the molecule is COc1cc(C=CC(=O)OCC(=O)c2cc(C)n(CC3CCCO3)c2C)ccc1OCC#N. The molecule has 1 aliphatic heterocycles. The third-order valence-corrected chi connectivity index (χ3v) is 5.52. The van der Waals surface area contributed by atoms with Crippen LogP contribution in [-0.4, -0.2) is 49.4 Å². The molecule has 2 heterocycles. The Hall–Kier alpha value is -3.57. The maximum atomic E-state index is 12.7. The molecule has 0 aliphatic carbocycles. The van der Waals surface area contributed by atoms with Crippen molar-refractivity contribution in [2.45, 2.75) is 39.3 Å². The summed E-state index contributed by atoms with van der Waals surface area (Å²) >= 11 is 0. The van der Waals surface area contributed by atoms with E-state index in [4.69, 9.17) is 24.2 Å². The topological polar surface area (TPSA) is 99.8 Å². The van der Waals surface area contributed by atoms with Crippen molar-refractivity contribution in [2.24, 2.45) is 0 Å². The molecule has 3 rings (SSSR count). The molecule has 0 saturated carbocycles. The van der Waals surface area contributed by atoms with E-state index in [1.54, 1.807) is 24.3 Å². The second kappa shape index (κ2) is 11.3. The van der Waals surface area contributed by atoms with Crippen molar-refractivity contribution in [3.05, 3.63) is 52.9 Å². The summed E-state index contributed by atoms with van der Waals surface area (Å²) in [5, 5.41) is 8.63. The highest BCUT2D eigenvalue weighted by Gasteiger charge is 2.21. The van der Waals surface area contributed by atoms with Crippen LogP contribution in [0.2, 0.25) is 0 Å². The summed E-state index contributed by atoms with van der Waals surface area (Å²) in [6.07, 6.45) is 5.05. The first-order valence-electron chi connectivity index (χ1n) is 10.8. The number of methoxy groups -OCH3 is 1. The Balaban J connectivity index is 1.57. The highest BCUT2D eigenvalue weighted by molar-refractivity contribution is 6.00. The highest BCUT2D eigenvalue weighted by atomic mass is 16.5. The molecular formula is C25H28N2O6. The number of hydrogen-bond acceptors (Lipinski definition) is 7. The summed E-state index contributed by atoms with van der Waals surface area (Å²) in [7, 11) is 1.49. The first kappa shape index (κ1) is 24.1. The fraction of sp³-hybridized carbons (Fsp3) is 0.400. The van der Waals surface area contributed by atoms with E-state index >= 15 is 0 Å². The lowest BCUT2D eigenvalue weighted by Crippen LogP contribution is -2.18. The molecule has 2 aromatic rings. The van der Waals surface area contributed by atoms with Crippen molar-refractivity contribution in [2.75, 3.05) is 26.9 Å². The second-order valence-corrected chi connectivity index (χ2v) is 7.75. The molecule has 0 spiro atoms. The lowest BCUT2D eigenvalue weighted by molar-refractivity contribution is -0.136. The number of esters is 1. The molecule has 8 heteroatoms. The van der Waals surface area contributed by atoms with Gasteiger partial charge in [-0.1, -0.05) is 6.07 Å². The summed E-state index contributed by atoms with van der Waals surface area (Å²) in [4.78, 5) is 24.8. The van der Waals surface area contributed by atoms with Gasteiger partial charge in [-0.2, -0.15) is 5.26 Å². The van der Waals surface area contributed by atoms with E-state index in [-0.39, 0.29) is 25.1 Å². The normalized spacial score (nSPS) is 15.4. The van der Waals surface area contributed by atoms with Crippen molar-refractivity contribution >= 4 is 17.8 Å². The van der Waals surface area contributed by atoms with E-state index in [1.807, 2.05) is 26.0 Å². The summed E-state index contributed by atoms with van der Waals surface area (Å²) < 4.78 is 23.5. The minimum Gasteiger partial charge on any atom is -0.493 e. The highest BCUT2D eigenvalue weighted by Crippen LogP contribution is 2.28. The van der Waals surface area contributed by atoms with E-state index < -0.39 is 5.97 Å². The van der Waals surface area contributed by atoms with Crippen LogP contribution in [0.3, 0.4) is 0 Å². The maximum absolute atomic E-state index is 12.7. The fourth-order valence-corrected chi connectivity index (χ4v) is 3.80. The van der Waals surface area contributed by atoms with Gasteiger partial charge in [0.05, 0.1) is 13.2 Å². The first-order valence-corrected chi connectivity index (χ1v) is 10.8. The lowest BCUT2D eigenvalue weighted by Gasteiger charge is -2.14. The van der Waals surface area contributed by atoms with Crippen LogP contribution in [0.15, 0.2) is 30.3 Å². The molecule has 1 fully saturated rings. The number of ketones is 1. The van der Waals surface area contributed by atoms with Crippen LogP contribution in [0.4, 0.5) is 0 Å². The molecule has 33 heavy (non-hydrogen) atoms. The number of benzene rings is 1. The summed E-state index contributed by atoms with van der Waals surface area (Å²) in [5.41, 5.74) is 3.07. The molecule has 8 nitrogen and oxygen atoms in total. The Morgan fingerprint density at radius 1 is 1.27 bits per heavy atom. The van der Waals surface area contributed by atoms with Crippen molar-refractivity contribution in [3.63, 3.8) is 0 Å². The quantitative estimate of drug-likeness (QED) is 0.308. The molecule has 0 bridgehead atoms. The van der Waals surface area contributed by atoms with Crippen LogP contribution in [0.25, 0.3) is 6.08 Å². The van der Waals surface area contributed by atoms with Gasteiger partial charge in [0.15, 0.2) is 24.7 Å². The van der Waals surface area contributed by atoms with Gasteiger partial charge in [-0.15, -0.1) is 0 Å². The minimum atomic E-state index is -0.625. The number of nitrogens with zero attached hydrogens (tertiary/aromatic N) is 2. The third-order valence-electron chi connectivity index (χ3n) is 5.52. The first-order chi connectivity index (χ1) is 15.9. The smallest absolute Gasteiger partial charge is 0.331 e. The molecule has 1 aromatic carbocycles. The molecular weight excluding hydrogens is 424 g/mol. The fourth-order valence-electron chi connectivity index (χ4n) is 3.80. The zero-order valence-electron chi connectivity index (χ0n) is 19.1. The number of hydrogen-bond donors (Lipinski definition) is 0. The average Bonchev–Trinajstić information content (AvgIpc) is 3.43. The number of aromatic nitrogens is 1. The standard InChI is InChI=1S/C25H28N2O6/c1-17-13-21(18(2)27(17)15-20-5-4-11-31-20)22(28)16-33-25(29)9-7-19-6-8-23(32-12-10-26)24(14-19)30-3/h6-9,13-14,20H,4-5,11-12,15-16H2,1-3H3. The van der Waals surface area contributed by atoms with Gasteiger partial charge in [-0.05, 0) is 56.5 Å². The zero-order valence-corrected chi connectivity index (χ0v) is 19.1. The number of Topliss-reactive ketones (excluding diaryl/α,β-unsaturated/α-hetero) is 1. The Morgan fingerprint density at radius 2 is 2.09 bits per heavy atom. The Morgan fingerprint density at radius 3 is 2.79 bits per heavy atom. The Bertz CT molecular complexity index is 1070. The van der Waals surface area contributed by atoms with Gasteiger partial charge in [-0.3, -0.25) is 4.79 Å². The van der Waals surface area contributed by atoms with Crippen molar-refractivity contribution in [1.82, 2.24) is 4.57 Å².